The molecule has 0 spiro atoms. The molecule has 0 aliphatic heterocycles. The Kier molecular flexibility index (Phi) is 4.21. The summed E-state index contributed by atoms with van der Waals surface area (Å²) in [6.45, 7) is 1.65. The van der Waals surface area contributed by atoms with Crippen LogP contribution in [0.3, 0.4) is 0 Å². The summed E-state index contributed by atoms with van der Waals surface area (Å²) >= 11 is 5.91. The zero-order valence-electron chi connectivity index (χ0n) is 10.6. The maximum atomic E-state index is 13.7. The molecule has 0 aliphatic rings. The number of nitrogens with zero attached hydrogens (tertiary/aromatic N) is 1. The third-order valence-electron chi connectivity index (χ3n) is 2.91. The summed E-state index contributed by atoms with van der Waals surface area (Å²) in [7, 11) is 0. The first-order chi connectivity index (χ1) is 9.52. The Morgan fingerprint density at radius 1 is 1.20 bits per heavy atom. The Labute approximate surface area is 120 Å². The molecule has 0 aromatic heterocycles. The van der Waals surface area contributed by atoms with Crippen LogP contribution in [0, 0.1) is 23.0 Å². The second-order valence-electron chi connectivity index (χ2n) is 4.31. The van der Waals surface area contributed by atoms with Crippen LogP contribution in [0.15, 0.2) is 36.4 Å². The van der Waals surface area contributed by atoms with Crippen LogP contribution < -0.4 is 5.32 Å². The van der Waals surface area contributed by atoms with Gasteiger partial charge in [0, 0.05) is 11.3 Å². The summed E-state index contributed by atoms with van der Waals surface area (Å²) < 4.78 is 27.3. The van der Waals surface area contributed by atoms with Crippen LogP contribution in [-0.4, -0.2) is 0 Å². The van der Waals surface area contributed by atoms with Gasteiger partial charge in [-0.25, -0.2) is 8.78 Å². The molecule has 2 nitrogen and oxygen atoms in total. The minimum Gasteiger partial charge on any atom is -0.378 e. The number of nitriles is 1. The first kappa shape index (κ1) is 14.3. The van der Waals surface area contributed by atoms with E-state index in [1.54, 1.807) is 25.1 Å². The Hall–Kier alpha value is -2.12. The van der Waals surface area contributed by atoms with Gasteiger partial charge >= 0.3 is 0 Å². The summed E-state index contributed by atoms with van der Waals surface area (Å²) in [5, 5.41) is 12.0. The summed E-state index contributed by atoms with van der Waals surface area (Å²) in [5.41, 5.74) is 0.902. The lowest BCUT2D eigenvalue weighted by Crippen LogP contribution is -2.10. The molecule has 2 aromatic rings. The predicted octanol–water partition coefficient (Wildman–Crippen LogP) is 4.66. The van der Waals surface area contributed by atoms with Gasteiger partial charge in [0.2, 0.25) is 0 Å². The molecule has 0 amide bonds. The largest absolute Gasteiger partial charge is 0.378 e. The SMILES string of the molecule is CC(Nc1ccc(C#N)c(Cl)c1)c1c(F)cccc1F. The molecule has 0 bridgehead atoms. The summed E-state index contributed by atoms with van der Waals surface area (Å²) in [6.07, 6.45) is 0. The van der Waals surface area contributed by atoms with Crippen molar-refractivity contribution in [2.45, 2.75) is 13.0 Å². The zero-order chi connectivity index (χ0) is 14.7. The molecule has 0 saturated carbocycles. The van der Waals surface area contributed by atoms with Crippen LogP contribution in [-0.2, 0) is 0 Å². The highest BCUT2D eigenvalue weighted by atomic mass is 35.5. The summed E-state index contributed by atoms with van der Waals surface area (Å²) in [4.78, 5) is 0. The number of halogens is 3. The molecule has 0 radical (unpaired) electrons. The van der Waals surface area contributed by atoms with Crippen molar-refractivity contribution in [1.82, 2.24) is 0 Å². The fourth-order valence-electron chi connectivity index (χ4n) is 1.94. The monoisotopic (exact) mass is 292 g/mol. The quantitative estimate of drug-likeness (QED) is 0.893. The number of nitrogens with one attached hydrogen (secondary N) is 1. The highest BCUT2D eigenvalue weighted by molar-refractivity contribution is 6.32. The second kappa shape index (κ2) is 5.89. The van der Waals surface area contributed by atoms with Gasteiger partial charge in [0.05, 0.1) is 16.6 Å². The fourth-order valence-corrected chi connectivity index (χ4v) is 2.16. The molecule has 2 aromatic carbocycles. The van der Waals surface area contributed by atoms with E-state index in [0.717, 1.165) is 0 Å². The lowest BCUT2D eigenvalue weighted by Gasteiger charge is -2.17. The fraction of sp³-hybridized carbons (Fsp3) is 0.133. The highest BCUT2D eigenvalue weighted by Crippen LogP contribution is 2.26. The van der Waals surface area contributed by atoms with Crippen molar-refractivity contribution in [3.63, 3.8) is 0 Å². The topological polar surface area (TPSA) is 35.8 Å². The average molecular weight is 293 g/mol. The maximum Gasteiger partial charge on any atom is 0.131 e. The van der Waals surface area contributed by atoms with Crippen molar-refractivity contribution in [3.05, 3.63) is 64.2 Å². The van der Waals surface area contributed by atoms with E-state index in [0.29, 0.717) is 16.3 Å². The molecule has 5 heteroatoms. The van der Waals surface area contributed by atoms with E-state index >= 15 is 0 Å². The highest BCUT2D eigenvalue weighted by Gasteiger charge is 2.16. The zero-order valence-corrected chi connectivity index (χ0v) is 11.4. The molecular weight excluding hydrogens is 282 g/mol. The Bertz CT molecular complexity index is 660. The molecule has 1 unspecified atom stereocenters. The van der Waals surface area contributed by atoms with Gasteiger partial charge in [0.25, 0.3) is 0 Å². The number of anilines is 1. The van der Waals surface area contributed by atoms with E-state index in [1.807, 2.05) is 6.07 Å². The number of hydrogen-bond acceptors (Lipinski definition) is 2. The summed E-state index contributed by atoms with van der Waals surface area (Å²) in [5.74, 6) is -1.21. The van der Waals surface area contributed by atoms with Crippen molar-refractivity contribution in [2.75, 3.05) is 5.32 Å². The first-order valence-corrected chi connectivity index (χ1v) is 6.31. The smallest absolute Gasteiger partial charge is 0.131 e. The molecule has 0 saturated heterocycles. The van der Waals surface area contributed by atoms with Gasteiger partial charge in [-0.15, -0.1) is 0 Å². The average Bonchev–Trinajstić information content (AvgIpc) is 2.38. The molecular formula is C15H11ClF2N2. The Morgan fingerprint density at radius 3 is 2.40 bits per heavy atom. The van der Waals surface area contributed by atoms with E-state index in [4.69, 9.17) is 16.9 Å². The molecule has 102 valence electrons. The van der Waals surface area contributed by atoms with Gasteiger partial charge in [-0.05, 0) is 37.3 Å². The van der Waals surface area contributed by atoms with E-state index in [2.05, 4.69) is 5.32 Å². The predicted molar refractivity (Wildman–Crippen MR) is 74.6 cm³/mol. The van der Waals surface area contributed by atoms with Crippen molar-refractivity contribution in [2.24, 2.45) is 0 Å². The number of benzene rings is 2. The molecule has 0 aliphatic carbocycles. The Morgan fingerprint density at radius 2 is 1.85 bits per heavy atom. The molecule has 2 rings (SSSR count). The van der Waals surface area contributed by atoms with Gasteiger partial charge in [0.15, 0.2) is 0 Å². The Balaban J connectivity index is 2.26. The number of rotatable bonds is 3. The van der Waals surface area contributed by atoms with Crippen LogP contribution in [0.25, 0.3) is 0 Å². The molecule has 1 atom stereocenters. The van der Waals surface area contributed by atoms with Crippen LogP contribution in [0.1, 0.15) is 24.1 Å². The molecule has 20 heavy (non-hydrogen) atoms. The summed E-state index contributed by atoms with van der Waals surface area (Å²) in [6, 6.07) is 9.86. The van der Waals surface area contributed by atoms with Gasteiger partial charge in [-0.3, -0.25) is 0 Å². The standard InChI is InChI=1S/C15H11ClF2N2/c1-9(15-13(17)3-2-4-14(15)18)20-11-6-5-10(8-19)12(16)7-11/h2-7,9,20H,1H3. The van der Waals surface area contributed by atoms with Gasteiger partial charge in [-0.1, -0.05) is 17.7 Å². The van der Waals surface area contributed by atoms with E-state index in [-0.39, 0.29) is 5.56 Å². The second-order valence-corrected chi connectivity index (χ2v) is 4.71. The van der Waals surface area contributed by atoms with Crippen LogP contribution >= 0.6 is 11.6 Å². The van der Waals surface area contributed by atoms with Gasteiger partial charge < -0.3 is 5.32 Å². The van der Waals surface area contributed by atoms with Crippen LogP contribution in [0.4, 0.5) is 14.5 Å². The van der Waals surface area contributed by atoms with Crippen LogP contribution in [0.2, 0.25) is 5.02 Å². The number of hydrogen-bond donors (Lipinski definition) is 1. The van der Waals surface area contributed by atoms with Crippen LogP contribution in [0.5, 0.6) is 0 Å². The van der Waals surface area contributed by atoms with Crippen molar-refractivity contribution >= 4 is 17.3 Å². The maximum absolute atomic E-state index is 13.7. The van der Waals surface area contributed by atoms with E-state index in [1.165, 1.54) is 18.2 Å². The minimum absolute atomic E-state index is 0.0343. The molecule has 1 N–H and O–H groups in total. The minimum atomic E-state index is -0.607. The van der Waals surface area contributed by atoms with Crippen molar-refractivity contribution in [3.8, 4) is 6.07 Å². The van der Waals surface area contributed by atoms with E-state index < -0.39 is 17.7 Å². The van der Waals surface area contributed by atoms with Crippen molar-refractivity contribution < 1.29 is 8.78 Å². The lowest BCUT2D eigenvalue weighted by atomic mass is 10.1. The molecule has 0 heterocycles. The van der Waals surface area contributed by atoms with Crippen molar-refractivity contribution in [1.29, 1.82) is 5.26 Å². The lowest BCUT2D eigenvalue weighted by molar-refractivity contribution is 0.544. The van der Waals surface area contributed by atoms with Gasteiger partial charge in [-0.2, -0.15) is 5.26 Å². The normalized spacial score (nSPS) is 11.8. The third-order valence-corrected chi connectivity index (χ3v) is 3.22. The van der Waals surface area contributed by atoms with Gasteiger partial charge in [0.1, 0.15) is 17.7 Å². The molecule has 0 fully saturated rings. The first-order valence-electron chi connectivity index (χ1n) is 5.93. The van der Waals surface area contributed by atoms with E-state index in [9.17, 15) is 8.78 Å². The third kappa shape index (κ3) is 2.89.